The zero-order valence-corrected chi connectivity index (χ0v) is 11.2. The van der Waals surface area contributed by atoms with Crippen LogP contribution in [-0.2, 0) is 11.3 Å². The van der Waals surface area contributed by atoms with Crippen LogP contribution < -0.4 is 5.73 Å². The van der Waals surface area contributed by atoms with Crippen molar-refractivity contribution in [2.75, 3.05) is 13.1 Å². The lowest BCUT2D eigenvalue weighted by atomic mass is 9.98. The van der Waals surface area contributed by atoms with Crippen LogP contribution in [0.15, 0.2) is 18.2 Å². The van der Waals surface area contributed by atoms with E-state index >= 15 is 0 Å². The van der Waals surface area contributed by atoms with E-state index in [0.717, 1.165) is 11.1 Å². The van der Waals surface area contributed by atoms with Gasteiger partial charge in [0.25, 0.3) is 0 Å². The van der Waals surface area contributed by atoms with Gasteiger partial charge in [-0.3, -0.25) is 9.69 Å². The third kappa shape index (κ3) is 3.81. The molecule has 0 atom stereocenters. The second-order valence-electron chi connectivity index (χ2n) is 4.43. The van der Waals surface area contributed by atoms with Crippen LogP contribution in [0, 0.1) is 18.7 Å². The van der Waals surface area contributed by atoms with E-state index in [9.17, 15) is 9.18 Å². The maximum Gasteiger partial charge on any atom is 0.223 e. The van der Waals surface area contributed by atoms with E-state index in [-0.39, 0.29) is 17.6 Å². The van der Waals surface area contributed by atoms with E-state index in [1.807, 2.05) is 26.8 Å². The summed E-state index contributed by atoms with van der Waals surface area (Å²) in [7, 11) is 0. The van der Waals surface area contributed by atoms with Gasteiger partial charge in [-0.2, -0.15) is 0 Å². The zero-order chi connectivity index (χ0) is 13.7. The molecule has 0 aromatic heterocycles. The number of halogens is 1. The largest absolute Gasteiger partial charge is 0.369 e. The predicted octanol–water partition coefficient (Wildman–Crippen LogP) is 2.08. The molecule has 100 valence electrons. The Bertz CT molecular complexity index is 394. The van der Waals surface area contributed by atoms with Gasteiger partial charge in [-0.25, -0.2) is 4.39 Å². The summed E-state index contributed by atoms with van der Waals surface area (Å²) in [6, 6.07) is 5.00. The second-order valence-corrected chi connectivity index (χ2v) is 4.43. The first-order valence-electron chi connectivity index (χ1n) is 6.32. The fourth-order valence-corrected chi connectivity index (χ4v) is 2.04. The molecule has 0 unspecified atom stereocenters. The molecule has 2 N–H and O–H groups in total. The van der Waals surface area contributed by atoms with Crippen molar-refractivity contribution in [3.63, 3.8) is 0 Å². The molecule has 1 heterocycles. The molecule has 1 aromatic rings. The molecule has 1 aliphatic heterocycles. The number of nitrogens with zero attached hydrogens (tertiary/aromatic N) is 1. The number of nitrogens with two attached hydrogens (primary N) is 1. The molecule has 1 amide bonds. The van der Waals surface area contributed by atoms with Crippen molar-refractivity contribution in [1.29, 1.82) is 0 Å². The normalized spacial score (nSPS) is 15.6. The Balaban J connectivity index is 0.000000771. The van der Waals surface area contributed by atoms with Gasteiger partial charge in [0.05, 0.1) is 5.92 Å². The van der Waals surface area contributed by atoms with Gasteiger partial charge in [0, 0.05) is 19.6 Å². The van der Waals surface area contributed by atoms with E-state index in [1.165, 1.54) is 12.1 Å². The van der Waals surface area contributed by atoms with E-state index in [4.69, 9.17) is 5.73 Å². The van der Waals surface area contributed by atoms with Gasteiger partial charge in [0.15, 0.2) is 0 Å². The lowest BCUT2D eigenvalue weighted by molar-refractivity contribution is -0.127. The monoisotopic (exact) mass is 252 g/mol. The first-order chi connectivity index (χ1) is 8.54. The topological polar surface area (TPSA) is 46.3 Å². The fraction of sp³-hybridized carbons (Fsp3) is 0.500. The average Bonchev–Trinajstić information content (AvgIpc) is 2.24. The summed E-state index contributed by atoms with van der Waals surface area (Å²) in [5, 5.41) is 0. The number of carbonyl (C=O) groups excluding carboxylic acids is 1. The molecule has 0 spiro atoms. The third-order valence-corrected chi connectivity index (χ3v) is 2.87. The fourth-order valence-electron chi connectivity index (χ4n) is 2.04. The molecule has 0 bridgehead atoms. The summed E-state index contributed by atoms with van der Waals surface area (Å²) in [5.41, 5.74) is 7.04. The van der Waals surface area contributed by atoms with Crippen LogP contribution in [0.3, 0.4) is 0 Å². The highest BCUT2D eigenvalue weighted by atomic mass is 19.1. The molecule has 2 rings (SSSR count). The van der Waals surface area contributed by atoms with Crippen molar-refractivity contribution in [3.05, 3.63) is 35.1 Å². The Morgan fingerprint density at radius 1 is 1.39 bits per heavy atom. The molecule has 4 heteroatoms. The maximum absolute atomic E-state index is 13.1. The van der Waals surface area contributed by atoms with E-state index in [0.29, 0.717) is 19.6 Å². The number of primary amides is 1. The average molecular weight is 252 g/mol. The highest BCUT2D eigenvalue weighted by molar-refractivity contribution is 5.78. The quantitative estimate of drug-likeness (QED) is 0.895. The van der Waals surface area contributed by atoms with Crippen molar-refractivity contribution < 1.29 is 9.18 Å². The van der Waals surface area contributed by atoms with Crippen LogP contribution in [0.1, 0.15) is 25.0 Å². The van der Waals surface area contributed by atoms with Crippen molar-refractivity contribution in [1.82, 2.24) is 4.90 Å². The summed E-state index contributed by atoms with van der Waals surface area (Å²) in [6.07, 6.45) is 0. The Morgan fingerprint density at radius 2 is 2.00 bits per heavy atom. The second kappa shape index (κ2) is 6.50. The molecule has 1 fully saturated rings. The Labute approximate surface area is 108 Å². The third-order valence-electron chi connectivity index (χ3n) is 2.87. The van der Waals surface area contributed by atoms with Gasteiger partial charge in [-0.15, -0.1) is 0 Å². The molecule has 1 aliphatic rings. The van der Waals surface area contributed by atoms with Gasteiger partial charge >= 0.3 is 0 Å². The lowest BCUT2D eigenvalue weighted by Crippen LogP contribution is -2.51. The first kappa shape index (κ1) is 14.6. The molecule has 3 nitrogen and oxygen atoms in total. The van der Waals surface area contributed by atoms with Crippen LogP contribution in [-0.4, -0.2) is 23.9 Å². The molecular weight excluding hydrogens is 231 g/mol. The summed E-state index contributed by atoms with van der Waals surface area (Å²) < 4.78 is 13.1. The van der Waals surface area contributed by atoms with E-state index in [2.05, 4.69) is 4.90 Å². The Kier molecular flexibility index (Phi) is 5.28. The van der Waals surface area contributed by atoms with Crippen LogP contribution in [0.5, 0.6) is 0 Å². The van der Waals surface area contributed by atoms with Crippen molar-refractivity contribution in [2.45, 2.75) is 27.3 Å². The minimum Gasteiger partial charge on any atom is -0.369 e. The standard InChI is InChI=1S/C12H15FN2O.C2H6/c1-8-2-9(4-11(13)3-8)5-15-6-10(7-15)12(14)16;1-2/h2-4,10H,5-7H2,1H3,(H2,14,16);1-2H3. The zero-order valence-electron chi connectivity index (χ0n) is 11.2. The molecular formula is C14H21FN2O. The molecule has 0 aliphatic carbocycles. The van der Waals surface area contributed by atoms with E-state index in [1.54, 1.807) is 0 Å². The van der Waals surface area contributed by atoms with Crippen LogP contribution in [0.4, 0.5) is 4.39 Å². The minimum absolute atomic E-state index is 0.0327. The molecule has 0 saturated carbocycles. The lowest BCUT2D eigenvalue weighted by Gasteiger charge is -2.37. The number of likely N-dealkylation sites (tertiary alicyclic amines) is 1. The van der Waals surface area contributed by atoms with Crippen LogP contribution in [0.2, 0.25) is 0 Å². The highest BCUT2D eigenvalue weighted by Crippen LogP contribution is 2.19. The molecule has 1 aromatic carbocycles. The maximum atomic E-state index is 13.1. The Hall–Kier alpha value is -1.42. The van der Waals surface area contributed by atoms with Gasteiger partial charge in [0.2, 0.25) is 5.91 Å². The van der Waals surface area contributed by atoms with E-state index < -0.39 is 0 Å². The smallest absolute Gasteiger partial charge is 0.223 e. The predicted molar refractivity (Wildman–Crippen MR) is 70.4 cm³/mol. The summed E-state index contributed by atoms with van der Waals surface area (Å²) in [4.78, 5) is 12.9. The molecule has 0 radical (unpaired) electrons. The van der Waals surface area contributed by atoms with Gasteiger partial charge < -0.3 is 5.73 Å². The number of carbonyl (C=O) groups is 1. The summed E-state index contributed by atoms with van der Waals surface area (Å²) in [6.45, 7) is 7.92. The van der Waals surface area contributed by atoms with Crippen molar-refractivity contribution >= 4 is 5.91 Å². The summed E-state index contributed by atoms with van der Waals surface area (Å²) in [5.74, 6) is -0.483. The number of hydrogen-bond donors (Lipinski definition) is 1. The SMILES string of the molecule is CC.Cc1cc(F)cc(CN2CC(C(N)=O)C2)c1. The van der Waals surface area contributed by atoms with Crippen molar-refractivity contribution in [3.8, 4) is 0 Å². The number of amides is 1. The van der Waals surface area contributed by atoms with Crippen LogP contribution >= 0.6 is 0 Å². The van der Waals surface area contributed by atoms with Crippen molar-refractivity contribution in [2.24, 2.45) is 11.7 Å². The number of aryl methyl sites for hydroxylation is 1. The summed E-state index contributed by atoms with van der Waals surface area (Å²) >= 11 is 0. The highest BCUT2D eigenvalue weighted by Gasteiger charge is 2.30. The van der Waals surface area contributed by atoms with Gasteiger partial charge in [-0.1, -0.05) is 19.9 Å². The van der Waals surface area contributed by atoms with Gasteiger partial charge in [0.1, 0.15) is 5.82 Å². The Morgan fingerprint density at radius 3 is 2.50 bits per heavy atom. The van der Waals surface area contributed by atoms with Crippen LogP contribution in [0.25, 0.3) is 0 Å². The van der Waals surface area contributed by atoms with Gasteiger partial charge in [-0.05, 0) is 30.2 Å². The number of rotatable bonds is 3. The number of benzene rings is 1. The minimum atomic E-state index is -0.244. The number of hydrogen-bond acceptors (Lipinski definition) is 2. The molecule has 1 saturated heterocycles. The molecule has 18 heavy (non-hydrogen) atoms. The first-order valence-corrected chi connectivity index (χ1v) is 6.32.